The third kappa shape index (κ3) is 3.57. The van der Waals surface area contributed by atoms with E-state index < -0.39 is 0 Å². The zero-order valence-electron chi connectivity index (χ0n) is 14.6. The monoisotopic (exact) mass is 366 g/mol. The summed E-state index contributed by atoms with van der Waals surface area (Å²) in [5.41, 5.74) is 3.20. The molecule has 5 nitrogen and oxygen atoms in total. The highest BCUT2D eigenvalue weighted by atomic mass is 32.1. The van der Waals surface area contributed by atoms with Crippen molar-refractivity contribution in [3.8, 4) is 11.1 Å². The summed E-state index contributed by atoms with van der Waals surface area (Å²) in [6, 6.07) is 6.98. The van der Waals surface area contributed by atoms with Gasteiger partial charge in [-0.05, 0) is 43.4 Å². The summed E-state index contributed by atoms with van der Waals surface area (Å²) in [7, 11) is 0. The summed E-state index contributed by atoms with van der Waals surface area (Å²) in [5.74, 6) is 0.760. The topological polar surface area (TPSA) is 59.9 Å². The van der Waals surface area contributed by atoms with Gasteiger partial charge in [-0.3, -0.25) is 0 Å². The van der Waals surface area contributed by atoms with Crippen LogP contribution in [0.4, 0.5) is 5.13 Å². The second-order valence-corrected chi connectivity index (χ2v) is 8.26. The van der Waals surface area contributed by atoms with Crippen LogP contribution in [0, 0.1) is 0 Å². The molecule has 0 aliphatic heterocycles. The Morgan fingerprint density at radius 2 is 1.85 bits per heavy atom. The van der Waals surface area contributed by atoms with Crippen LogP contribution in [0.2, 0.25) is 0 Å². The van der Waals surface area contributed by atoms with E-state index in [1.54, 1.807) is 11.3 Å². The highest BCUT2D eigenvalue weighted by Gasteiger charge is 2.22. The average molecular weight is 366 g/mol. The Morgan fingerprint density at radius 1 is 1.04 bits per heavy atom. The maximum atomic E-state index is 5.89. The molecule has 0 unspecified atom stereocenters. The summed E-state index contributed by atoms with van der Waals surface area (Å²) < 4.78 is 7.09. The predicted octanol–water partition coefficient (Wildman–Crippen LogP) is 4.79. The van der Waals surface area contributed by atoms with E-state index in [0.717, 1.165) is 27.6 Å². The number of fused-ring (bicyclic) bond motifs is 1. The Bertz CT molecular complexity index is 898. The zero-order chi connectivity index (χ0) is 17.3. The minimum absolute atomic E-state index is 0.394. The summed E-state index contributed by atoms with van der Waals surface area (Å²) in [6.07, 6.45) is 11.6. The van der Waals surface area contributed by atoms with E-state index in [0.29, 0.717) is 18.8 Å². The molecule has 3 aromatic rings. The average Bonchev–Trinajstić information content (AvgIpc) is 3.17. The van der Waals surface area contributed by atoms with Crippen LogP contribution >= 0.6 is 11.3 Å². The number of aromatic nitrogens is 3. The number of thiazole rings is 1. The van der Waals surface area contributed by atoms with Crippen molar-refractivity contribution in [3.05, 3.63) is 36.4 Å². The number of anilines is 1. The zero-order valence-corrected chi connectivity index (χ0v) is 15.5. The Hall–Kier alpha value is -2.05. The van der Waals surface area contributed by atoms with Gasteiger partial charge in [0.05, 0.1) is 16.3 Å². The van der Waals surface area contributed by atoms with Crippen LogP contribution in [-0.2, 0) is 11.3 Å². The van der Waals surface area contributed by atoms with Crippen LogP contribution in [0.5, 0.6) is 0 Å². The van der Waals surface area contributed by atoms with Gasteiger partial charge in [0.2, 0.25) is 0 Å². The van der Waals surface area contributed by atoms with E-state index in [1.807, 2.05) is 12.4 Å². The Balaban J connectivity index is 1.30. The van der Waals surface area contributed by atoms with Gasteiger partial charge in [0.15, 0.2) is 11.0 Å². The molecule has 2 heterocycles. The molecule has 2 aromatic heterocycles. The van der Waals surface area contributed by atoms with Crippen LogP contribution in [-0.4, -0.2) is 27.1 Å². The van der Waals surface area contributed by atoms with Gasteiger partial charge >= 0.3 is 0 Å². The first-order chi connectivity index (χ1) is 12.8. The summed E-state index contributed by atoms with van der Waals surface area (Å²) >= 11 is 1.72. The number of rotatable bonds is 6. The first-order valence-electron chi connectivity index (χ1n) is 9.43. The van der Waals surface area contributed by atoms with Gasteiger partial charge in [-0.1, -0.05) is 30.2 Å². The molecule has 1 N–H and O–H groups in total. The lowest BCUT2D eigenvalue weighted by Crippen LogP contribution is -2.09. The quantitative estimate of drug-likeness (QED) is 0.680. The van der Waals surface area contributed by atoms with E-state index in [1.165, 1.54) is 43.2 Å². The SMILES string of the molecule is c1cc2nc(NC3CC3)sc2cc1-c1cnc(COC2CCCC2)nc1. The summed E-state index contributed by atoms with van der Waals surface area (Å²) in [5, 5.41) is 4.50. The molecule has 0 amide bonds. The van der Waals surface area contributed by atoms with Gasteiger partial charge in [-0.25, -0.2) is 15.0 Å². The molecule has 134 valence electrons. The fourth-order valence-electron chi connectivity index (χ4n) is 3.39. The van der Waals surface area contributed by atoms with Crippen molar-refractivity contribution in [3.63, 3.8) is 0 Å². The summed E-state index contributed by atoms with van der Waals surface area (Å²) in [4.78, 5) is 13.6. The smallest absolute Gasteiger partial charge is 0.184 e. The number of hydrogen-bond acceptors (Lipinski definition) is 6. The van der Waals surface area contributed by atoms with Crippen molar-refractivity contribution in [2.45, 2.75) is 57.3 Å². The van der Waals surface area contributed by atoms with Gasteiger partial charge in [-0.15, -0.1) is 0 Å². The molecule has 26 heavy (non-hydrogen) atoms. The molecule has 2 saturated carbocycles. The lowest BCUT2D eigenvalue weighted by atomic mass is 10.1. The molecule has 0 radical (unpaired) electrons. The second kappa shape index (κ2) is 6.93. The molecule has 0 spiro atoms. The van der Waals surface area contributed by atoms with E-state index in [2.05, 4.69) is 38.5 Å². The Labute approximate surface area is 156 Å². The Morgan fingerprint density at radius 3 is 2.62 bits per heavy atom. The van der Waals surface area contributed by atoms with Crippen molar-refractivity contribution >= 4 is 26.7 Å². The molecule has 0 atom stereocenters. The molecule has 0 bridgehead atoms. The molecular formula is C20H22N4OS. The van der Waals surface area contributed by atoms with Gasteiger partial charge in [-0.2, -0.15) is 0 Å². The van der Waals surface area contributed by atoms with Crippen LogP contribution in [0.15, 0.2) is 30.6 Å². The van der Waals surface area contributed by atoms with Crippen LogP contribution in [0.1, 0.15) is 44.3 Å². The molecule has 2 aliphatic rings. The van der Waals surface area contributed by atoms with Crippen molar-refractivity contribution in [1.82, 2.24) is 15.0 Å². The lowest BCUT2D eigenvalue weighted by molar-refractivity contribution is 0.0417. The molecule has 2 fully saturated rings. The number of hydrogen-bond donors (Lipinski definition) is 1. The predicted molar refractivity (Wildman–Crippen MR) is 104 cm³/mol. The third-order valence-electron chi connectivity index (χ3n) is 5.08. The highest BCUT2D eigenvalue weighted by Crippen LogP contribution is 2.33. The fourth-order valence-corrected chi connectivity index (χ4v) is 4.38. The van der Waals surface area contributed by atoms with Crippen LogP contribution in [0.25, 0.3) is 21.3 Å². The fraction of sp³-hybridized carbons (Fsp3) is 0.450. The maximum absolute atomic E-state index is 5.89. The van der Waals surface area contributed by atoms with E-state index in [4.69, 9.17) is 4.74 Å². The van der Waals surface area contributed by atoms with E-state index in [9.17, 15) is 0 Å². The van der Waals surface area contributed by atoms with Crippen molar-refractivity contribution in [2.24, 2.45) is 0 Å². The van der Waals surface area contributed by atoms with Crippen molar-refractivity contribution in [2.75, 3.05) is 5.32 Å². The number of benzene rings is 1. The molecular weight excluding hydrogens is 344 g/mol. The lowest BCUT2D eigenvalue weighted by Gasteiger charge is -2.10. The third-order valence-corrected chi connectivity index (χ3v) is 6.03. The van der Waals surface area contributed by atoms with Gasteiger partial charge in [0.25, 0.3) is 0 Å². The first kappa shape index (κ1) is 16.1. The van der Waals surface area contributed by atoms with Gasteiger partial charge < -0.3 is 10.1 Å². The Kier molecular flexibility index (Phi) is 4.30. The second-order valence-electron chi connectivity index (χ2n) is 7.23. The molecule has 0 saturated heterocycles. The van der Waals surface area contributed by atoms with Gasteiger partial charge in [0.1, 0.15) is 6.61 Å². The van der Waals surface area contributed by atoms with E-state index in [-0.39, 0.29) is 0 Å². The molecule has 6 heteroatoms. The largest absolute Gasteiger partial charge is 0.370 e. The van der Waals surface area contributed by atoms with Gasteiger partial charge in [0, 0.05) is 24.0 Å². The standard InChI is InChI=1S/C20H22N4OS/c1-2-4-16(3-1)25-12-19-21-10-14(11-22-19)13-5-8-17-18(9-13)26-20(24-17)23-15-6-7-15/h5,8-11,15-16H,1-4,6-7,12H2,(H,23,24). The maximum Gasteiger partial charge on any atom is 0.184 e. The van der Waals surface area contributed by atoms with Crippen LogP contribution in [0.3, 0.4) is 0 Å². The minimum Gasteiger partial charge on any atom is -0.370 e. The number of nitrogens with zero attached hydrogens (tertiary/aromatic N) is 3. The molecule has 5 rings (SSSR count). The minimum atomic E-state index is 0.394. The summed E-state index contributed by atoms with van der Waals surface area (Å²) in [6.45, 7) is 0.509. The van der Waals surface area contributed by atoms with Crippen molar-refractivity contribution in [1.29, 1.82) is 0 Å². The first-order valence-corrected chi connectivity index (χ1v) is 10.3. The normalized spacial score (nSPS) is 17.8. The highest BCUT2D eigenvalue weighted by molar-refractivity contribution is 7.22. The number of ether oxygens (including phenoxy) is 1. The van der Waals surface area contributed by atoms with Crippen molar-refractivity contribution < 1.29 is 4.74 Å². The van der Waals surface area contributed by atoms with Crippen LogP contribution < -0.4 is 5.32 Å². The molecule has 2 aliphatic carbocycles. The van der Waals surface area contributed by atoms with E-state index >= 15 is 0 Å². The molecule has 1 aromatic carbocycles. The number of nitrogens with one attached hydrogen (secondary N) is 1.